The molecule has 0 bridgehead atoms. The molecule has 5 nitrogen and oxygen atoms in total. The van der Waals surface area contributed by atoms with E-state index in [1.807, 2.05) is 0 Å². The largest absolute Gasteiger partial charge is 0.385 e. The minimum absolute atomic E-state index is 0.391. The molecule has 0 aromatic rings. The van der Waals surface area contributed by atoms with Gasteiger partial charge in [0.2, 0.25) is 0 Å². The van der Waals surface area contributed by atoms with E-state index in [-0.39, 0.29) is 0 Å². The third-order valence-corrected chi connectivity index (χ3v) is 4.27. The molecule has 1 rings (SSSR count). The lowest BCUT2D eigenvalue weighted by atomic mass is 9.91. The molecule has 0 amide bonds. The van der Waals surface area contributed by atoms with Gasteiger partial charge in [-0.05, 0) is 44.4 Å². The zero-order valence-electron chi connectivity index (χ0n) is 16.6. The highest BCUT2D eigenvalue weighted by Gasteiger charge is 2.21. The molecule has 0 saturated carbocycles. The summed E-state index contributed by atoms with van der Waals surface area (Å²) in [5.74, 6) is 1.07. The number of ether oxygens (including phenoxy) is 2. The smallest absolute Gasteiger partial charge is 0.193 e. The van der Waals surface area contributed by atoms with Crippen molar-refractivity contribution in [2.75, 3.05) is 46.5 Å². The van der Waals surface area contributed by atoms with Crippen LogP contribution in [0.5, 0.6) is 0 Å². The van der Waals surface area contributed by atoms with E-state index in [9.17, 15) is 0 Å². The number of hydrogen-bond acceptors (Lipinski definition) is 3. The number of guanidine groups is 1. The number of aliphatic imine (C=N–C) groups is 1. The first-order chi connectivity index (χ1) is 11.5. The molecule has 0 radical (unpaired) electrons. The Labute approximate surface area is 149 Å². The number of methoxy groups -OCH3 is 1. The highest BCUT2D eigenvalue weighted by Crippen LogP contribution is 2.20. The number of rotatable bonds is 9. The molecule has 0 aliphatic carbocycles. The Balaban J connectivity index is 2.33. The van der Waals surface area contributed by atoms with Crippen LogP contribution in [0, 0.1) is 5.41 Å². The molecular weight excluding hydrogens is 302 g/mol. The van der Waals surface area contributed by atoms with Crippen LogP contribution in [0.4, 0.5) is 0 Å². The molecule has 1 N–H and O–H groups in total. The van der Waals surface area contributed by atoms with E-state index in [1.165, 1.54) is 6.42 Å². The van der Waals surface area contributed by atoms with Crippen molar-refractivity contribution < 1.29 is 9.47 Å². The van der Waals surface area contributed by atoms with Crippen molar-refractivity contribution in [2.24, 2.45) is 10.4 Å². The normalized spacial score (nSPS) is 17.4. The monoisotopic (exact) mass is 341 g/mol. The Bertz CT molecular complexity index is 345. The second-order valence-corrected chi connectivity index (χ2v) is 7.80. The molecule has 1 aliphatic heterocycles. The fourth-order valence-corrected chi connectivity index (χ4v) is 2.91. The lowest BCUT2D eigenvalue weighted by molar-refractivity contribution is 0.00990. The summed E-state index contributed by atoms with van der Waals surface area (Å²) in [6.07, 6.45) is 5.90. The predicted octanol–water partition coefficient (Wildman–Crippen LogP) is 3.30. The van der Waals surface area contributed by atoms with Crippen molar-refractivity contribution in [3.05, 3.63) is 0 Å². The summed E-state index contributed by atoms with van der Waals surface area (Å²) in [7, 11) is 1.74. The maximum absolute atomic E-state index is 5.94. The van der Waals surface area contributed by atoms with E-state index in [0.29, 0.717) is 11.5 Å². The standard InChI is InChI=1S/C19H39N3O2/c1-6-20-18(21-12-7-11-19(2,3)4)22-13-9-17(10-14-22)24-16-8-15-23-5/h17H,6-16H2,1-5H3,(H,20,21). The van der Waals surface area contributed by atoms with E-state index in [1.54, 1.807) is 7.11 Å². The summed E-state index contributed by atoms with van der Waals surface area (Å²) >= 11 is 0. The lowest BCUT2D eigenvalue weighted by Gasteiger charge is -2.34. The van der Waals surface area contributed by atoms with Crippen LogP contribution in [0.2, 0.25) is 0 Å². The first-order valence-electron chi connectivity index (χ1n) is 9.60. The molecule has 1 heterocycles. The maximum Gasteiger partial charge on any atom is 0.193 e. The number of piperidine rings is 1. The van der Waals surface area contributed by atoms with Gasteiger partial charge >= 0.3 is 0 Å². The highest BCUT2D eigenvalue weighted by molar-refractivity contribution is 5.80. The zero-order valence-corrected chi connectivity index (χ0v) is 16.6. The van der Waals surface area contributed by atoms with Gasteiger partial charge in [-0.15, -0.1) is 0 Å². The molecular formula is C19H39N3O2. The second-order valence-electron chi connectivity index (χ2n) is 7.80. The molecule has 0 aromatic heterocycles. The van der Waals surface area contributed by atoms with E-state index >= 15 is 0 Å². The van der Waals surface area contributed by atoms with Crippen molar-refractivity contribution in [1.82, 2.24) is 10.2 Å². The summed E-state index contributed by atoms with van der Waals surface area (Å²) in [5.41, 5.74) is 0.395. The lowest BCUT2D eigenvalue weighted by Crippen LogP contribution is -2.47. The van der Waals surface area contributed by atoms with Crippen LogP contribution in [0.25, 0.3) is 0 Å². The van der Waals surface area contributed by atoms with Crippen LogP contribution in [0.15, 0.2) is 4.99 Å². The molecule has 24 heavy (non-hydrogen) atoms. The fourth-order valence-electron chi connectivity index (χ4n) is 2.91. The van der Waals surface area contributed by atoms with E-state index in [0.717, 1.165) is 71.0 Å². The van der Waals surface area contributed by atoms with Crippen LogP contribution in [-0.2, 0) is 9.47 Å². The summed E-state index contributed by atoms with van der Waals surface area (Å²) in [4.78, 5) is 7.21. The van der Waals surface area contributed by atoms with Crippen molar-refractivity contribution in [1.29, 1.82) is 0 Å². The average Bonchev–Trinajstić information content (AvgIpc) is 2.54. The Hall–Kier alpha value is -0.810. The number of nitrogens with one attached hydrogen (secondary N) is 1. The Kier molecular flexibility index (Phi) is 10.3. The van der Waals surface area contributed by atoms with Gasteiger partial charge in [0.05, 0.1) is 6.10 Å². The second kappa shape index (κ2) is 11.7. The quantitative estimate of drug-likeness (QED) is 0.397. The van der Waals surface area contributed by atoms with Gasteiger partial charge in [-0.2, -0.15) is 0 Å². The number of likely N-dealkylation sites (tertiary alicyclic amines) is 1. The molecule has 1 aliphatic rings. The third-order valence-electron chi connectivity index (χ3n) is 4.27. The van der Waals surface area contributed by atoms with E-state index < -0.39 is 0 Å². The third kappa shape index (κ3) is 9.48. The molecule has 1 fully saturated rings. The molecule has 0 spiro atoms. The van der Waals surface area contributed by atoms with Crippen LogP contribution in [0.3, 0.4) is 0 Å². The van der Waals surface area contributed by atoms with Gasteiger partial charge in [0.25, 0.3) is 0 Å². The Morgan fingerprint density at radius 1 is 1.17 bits per heavy atom. The predicted molar refractivity (Wildman–Crippen MR) is 102 cm³/mol. The van der Waals surface area contributed by atoms with Crippen molar-refractivity contribution in [3.8, 4) is 0 Å². The molecule has 0 atom stereocenters. The van der Waals surface area contributed by atoms with Gasteiger partial charge in [-0.3, -0.25) is 4.99 Å². The van der Waals surface area contributed by atoms with E-state index in [4.69, 9.17) is 14.5 Å². The summed E-state index contributed by atoms with van der Waals surface area (Å²) in [6, 6.07) is 0. The van der Waals surface area contributed by atoms with E-state index in [2.05, 4.69) is 37.9 Å². The molecule has 142 valence electrons. The van der Waals surface area contributed by atoms with Gasteiger partial charge < -0.3 is 19.7 Å². The molecule has 5 heteroatoms. The number of hydrogen-bond donors (Lipinski definition) is 1. The van der Waals surface area contributed by atoms with Crippen molar-refractivity contribution in [3.63, 3.8) is 0 Å². The molecule has 0 aromatic carbocycles. The van der Waals surface area contributed by atoms with Gasteiger partial charge in [0, 0.05) is 46.5 Å². The maximum atomic E-state index is 5.94. The van der Waals surface area contributed by atoms with Crippen LogP contribution >= 0.6 is 0 Å². The van der Waals surface area contributed by atoms with Crippen molar-refractivity contribution in [2.45, 2.75) is 65.9 Å². The zero-order chi connectivity index (χ0) is 17.8. The fraction of sp³-hybridized carbons (Fsp3) is 0.947. The minimum atomic E-state index is 0.391. The Morgan fingerprint density at radius 2 is 1.88 bits per heavy atom. The number of nitrogens with zero attached hydrogens (tertiary/aromatic N) is 2. The summed E-state index contributed by atoms with van der Waals surface area (Å²) in [5, 5.41) is 3.44. The van der Waals surface area contributed by atoms with Crippen molar-refractivity contribution >= 4 is 5.96 Å². The summed E-state index contributed by atoms with van der Waals surface area (Å²) < 4.78 is 11.0. The van der Waals surface area contributed by atoms with Gasteiger partial charge in [-0.1, -0.05) is 20.8 Å². The minimum Gasteiger partial charge on any atom is -0.385 e. The van der Waals surface area contributed by atoms with Gasteiger partial charge in [-0.25, -0.2) is 0 Å². The highest BCUT2D eigenvalue weighted by atomic mass is 16.5. The topological polar surface area (TPSA) is 46.1 Å². The van der Waals surface area contributed by atoms with Gasteiger partial charge in [0.1, 0.15) is 0 Å². The Morgan fingerprint density at radius 3 is 2.46 bits per heavy atom. The average molecular weight is 342 g/mol. The SMILES string of the molecule is CCNC(=NCCCC(C)(C)C)N1CCC(OCCCOC)CC1. The first-order valence-corrected chi connectivity index (χ1v) is 9.60. The van der Waals surface area contributed by atoms with Crippen LogP contribution in [-0.4, -0.2) is 63.5 Å². The molecule has 1 saturated heterocycles. The first kappa shape index (κ1) is 21.2. The molecule has 0 unspecified atom stereocenters. The van der Waals surface area contributed by atoms with Gasteiger partial charge in [0.15, 0.2) is 5.96 Å². The van der Waals surface area contributed by atoms with Crippen LogP contribution < -0.4 is 5.32 Å². The summed E-state index contributed by atoms with van der Waals surface area (Å²) in [6.45, 7) is 14.5. The van der Waals surface area contributed by atoms with Crippen LogP contribution in [0.1, 0.15) is 59.8 Å².